The third-order valence-corrected chi connectivity index (χ3v) is 4.73. The zero-order valence-electron chi connectivity index (χ0n) is 14.0. The molecule has 1 aromatic heterocycles. The molecule has 0 radical (unpaired) electrons. The molecule has 148 valence electrons. The van der Waals surface area contributed by atoms with Crippen molar-refractivity contribution in [1.29, 1.82) is 0 Å². The first-order valence-corrected chi connectivity index (χ1v) is 9.97. The smallest absolute Gasteiger partial charge is 0.232 e. The highest BCUT2D eigenvalue weighted by atomic mass is 35.6. The summed E-state index contributed by atoms with van der Waals surface area (Å²) in [6.07, 6.45) is 0.374. The summed E-state index contributed by atoms with van der Waals surface area (Å²) in [6, 6.07) is 14.5. The number of benzene rings is 2. The second kappa shape index (κ2) is 10.1. The van der Waals surface area contributed by atoms with Gasteiger partial charge in [-0.3, -0.25) is 0 Å². The van der Waals surface area contributed by atoms with Gasteiger partial charge in [0, 0.05) is 16.5 Å². The summed E-state index contributed by atoms with van der Waals surface area (Å²) in [5, 5.41) is 20.8. The second-order valence-corrected chi connectivity index (χ2v) is 9.11. The van der Waals surface area contributed by atoms with E-state index in [1.807, 2.05) is 0 Å². The normalized spacial score (nSPS) is 10.9. The average molecular weight is 500 g/mol. The summed E-state index contributed by atoms with van der Waals surface area (Å²) < 4.78 is -1.50. The Morgan fingerprint density at radius 2 is 1.25 bits per heavy atom. The van der Waals surface area contributed by atoms with Gasteiger partial charge in [0.25, 0.3) is 0 Å². The minimum Gasteiger partial charge on any atom is -0.508 e. The van der Waals surface area contributed by atoms with Crippen molar-refractivity contribution in [3.05, 3.63) is 86.6 Å². The van der Waals surface area contributed by atoms with Gasteiger partial charge in [0.15, 0.2) is 0 Å². The molecule has 28 heavy (non-hydrogen) atoms. The Morgan fingerprint density at radius 1 is 0.750 bits per heavy atom. The van der Waals surface area contributed by atoms with Gasteiger partial charge < -0.3 is 10.2 Å². The van der Waals surface area contributed by atoms with Crippen molar-refractivity contribution in [2.24, 2.45) is 0 Å². The fourth-order valence-corrected chi connectivity index (χ4v) is 3.03. The molecule has 0 spiro atoms. The van der Waals surface area contributed by atoms with E-state index in [2.05, 4.69) is 4.98 Å². The number of hydrogen-bond acceptors (Lipinski definition) is 3. The van der Waals surface area contributed by atoms with E-state index < -0.39 is 3.79 Å². The molecule has 0 aliphatic rings. The van der Waals surface area contributed by atoms with Crippen LogP contribution in [0.1, 0.15) is 16.8 Å². The quantitative estimate of drug-likeness (QED) is 0.282. The lowest BCUT2D eigenvalue weighted by Crippen LogP contribution is -2.02. The lowest BCUT2D eigenvalue weighted by molar-refractivity contribution is 0.463. The molecule has 2 aromatic carbocycles. The number of hydrogen-bond donors (Lipinski definition) is 2. The van der Waals surface area contributed by atoms with Gasteiger partial charge in [-0.2, -0.15) is 0 Å². The number of phenols is 2. The number of pyridine rings is 1. The molecule has 0 amide bonds. The highest BCUT2D eigenvalue weighted by Crippen LogP contribution is 2.37. The first-order chi connectivity index (χ1) is 13.1. The van der Waals surface area contributed by atoms with Gasteiger partial charge >= 0.3 is 0 Å². The molecule has 3 nitrogen and oxygen atoms in total. The SMILES string of the molecule is Clc1cccc(C(Cl)(Cl)Cl)n1.Oc1ccc(Cl)cc1Cc1cc(Cl)ccc1O. The fraction of sp³-hybridized carbons (Fsp3) is 0.105. The van der Waals surface area contributed by atoms with Crippen molar-refractivity contribution in [2.75, 3.05) is 0 Å². The minimum atomic E-state index is -1.50. The molecule has 0 aliphatic carbocycles. The van der Waals surface area contributed by atoms with Crippen LogP contribution in [0.2, 0.25) is 15.2 Å². The third-order valence-electron chi connectivity index (χ3n) is 3.47. The first kappa shape index (κ1) is 23.2. The molecular formula is C19H13Cl6NO2. The van der Waals surface area contributed by atoms with Crippen LogP contribution in [0, 0.1) is 0 Å². The predicted molar refractivity (Wildman–Crippen MR) is 118 cm³/mol. The number of aromatic hydroxyl groups is 2. The van der Waals surface area contributed by atoms with Crippen molar-refractivity contribution in [2.45, 2.75) is 10.2 Å². The molecule has 3 aromatic rings. The summed E-state index contributed by atoms with van der Waals surface area (Å²) in [7, 11) is 0. The summed E-state index contributed by atoms with van der Waals surface area (Å²) in [5.74, 6) is 0.294. The Kier molecular flexibility index (Phi) is 8.38. The Bertz CT molecular complexity index is 910. The van der Waals surface area contributed by atoms with Crippen LogP contribution >= 0.6 is 69.6 Å². The molecule has 0 saturated carbocycles. The topological polar surface area (TPSA) is 53.4 Å². The van der Waals surface area contributed by atoms with Crippen LogP contribution < -0.4 is 0 Å². The number of rotatable bonds is 2. The lowest BCUT2D eigenvalue weighted by atomic mass is 10.0. The minimum absolute atomic E-state index is 0.147. The zero-order chi connectivity index (χ0) is 20.9. The molecule has 0 fully saturated rings. The molecular weight excluding hydrogens is 487 g/mol. The number of alkyl halides is 3. The van der Waals surface area contributed by atoms with Crippen molar-refractivity contribution < 1.29 is 10.2 Å². The van der Waals surface area contributed by atoms with Gasteiger partial charge in [0.2, 0.25) is 3.79 Å². The van der Waals surface area contributed by atoms with Gasteiger partial charge in [-0.05, 0) is 59.7 Å². The standard InChI is InChI=1S/C13H10Cl2O2.C6H3Cl4N/c14-10-1-3-12(16)8(6-10)5-9-7-11(15)2-4-13(9)17;7-5-3-1-2-4(11-5)6(8,9)10/h1-4,6-7,16-17H,5H2;1-3H. The van der Waals surface area contributed by atoms with E-state index in [4.69, 9.17) is 69.6 Å². The maximum Gasteiger partial charge on any atom is 0.232 e. The van der Waals surface area contributed by atoms with E-state index in [9.17, 15) is 10.2 Å². The first-order valence-electron chi connectivity index (χ1n) is 7.71. The van der Waals surface area contributed by atoms with Crippen LogP contribution in [0.4, 0.5) is 0 Å². The van der Waals surface area contributed by atoms with Crippen LogP contribution in [0.15, 0.2) is 54.6 Å². The van der Waals surface area contributed by atoms with Crippen LogP contribution in [-0.2, 0) is 10.2 Å². The average Bonchev–Trinajstić information content (AvgIpc) is 2.61. The van der Waals surface area contributed by atoms with E-state index in [-0.39, 0.29) is 11.5 Å². The predicted octanol–water partition coefficient (Wildman–Crippen LogP) is 7.56. The second-order valence-electron chi connectivity index (χ2n) is 5.57. The highest BCUT2D eigenvalue weighted by Gasteiger charge is 2.24. The number of nitrogens with zero attached hydrogens (tertiary/aromatic N) is 1. The summed E-state index contributed by atoms with van der Waals surface area (Å²) >= 11 is 33.9. The van der Waals surface area contributed by atoms with Gasteiger partial charge in [0.05, 0.1) is 5.69 Å². The molecule has 3 rings (SSSR count). The molecule has 9 heteroatoms. The molecule has 0 bridgehead atoms. The van der Waals surface area contributed by atoms with Gasteiger partial charge in [0.1, 0.15) is 16.7 Å². The van der Waals surface area contributed by atoms with Gasteiger partial charge in [-0.15, -0.1) is 0 Å². The third kappa shape index (κ3) is 7.07. The molecule has 0 aliphatic heterocycles. The van der Waals surface area contributed by atoms with E-state index in [1.54, 1.807) is 42.5 Å². The summed E-state index contributed by atoms with van der Waals surface area (Å²) in [5.41, 5.74) is 1.63. The van der Waals surface area contributed by atoms with Crippen molar-refractivity contribution in [1.82, 2.24) is 4.98 Å². The highest BCUT2D eigenvalue weighted by molar-refractivity contribution is 6.66. The fourth-order valence-electron chi connectivity index (χ4n) is 2.16. The van der Waals surface area contributed by atoms with E-state index in [0.717, 1.165) is 0 Å². The Labute approximate surface area is 192 Å². The van der Waals surface area contributed by atoms with Crippen molar-refractivity contribution in [3.8, 4) is 11.5 Å². The lowest BCUT2D eigenvalue weighted by Gasteiger charge is -2.08. The number of phenolic OH excluding ortho intramolecular Hbond substituents is 2. The van der Waals surface area contributed by atoms with Crippen LogP contribution in [0.3, 0.4) is 0 Å². The van der Waals surface area contributed by atoms with Crippen LogP contribution in [-0.4, -0.2) is 15.2 Å². The number of halogens is 6. The largest absolute Gasteiger partial charge is 0.508 e. The van der Waals surface area contributed by atoms with Gasteiger partial charge in [-0.25, -0.2) is 4.98 Å². The van der Waals surface area contributed by atoms with Gasteiger partial charge in [-0.1, -0.05) is 75.7 Å². The van der Waals surface area contributed by atoms with E-state index in [1.165, 1.54) is 12.1 Å². The molecule has 0 atom stereocenters. The maximum atomic E-state index is 9.68. The zero-order valence-corrected chi connectivity index (χ0v) is 18.5. The Balaban J connectivity index is 0.000000221. The summed E-state index contributed by atoms with van der Waals surface area (Å²) in [4.78, 5) is 3.81. The van der Waals surface area contributed by atoms with E-state index in [0.29, 0.717) is 38.4 Å². The Morgan fingerprint density at radius 3 is 1.64 bits per heavy atom. The monoisotopic (exact) mass is 497 g/mol. The maximum absolute atomic E-state index is 9.68. The van der Waals surface area contributed by atoms with E-state index >= 15 is 0 Å². The van der Waals surface area contributed by atoms with Crippen LogP contribution in [0.25, 0.3) is 0 Å². The Hall–Kier alpha value is -1.07. The molecule has 2 N–H and O–H groups in total. The molecule has 0 unspecified atom stereocenters. The molecule has 0 saturated heterocycles. The van der Waals surface area contributed by atoms with Crippen molar-refractivity contribution >= 4 is 69.6 Å². The number of aromatic nitrogens is 1. The van der Waals surface area contributed by atoms with Crippen LogP contribution in [0.5, 0.6) is 11.5 Å². The summed E-state index contributed by atoms with van der Waals surface area (Å²) in [6.45, 7) is 0. The molecule has 1 heterocycles. The van der Waals surface area contributed by atoms with Crippen molar-refractivity contribution in [3.63, 3.8) is 0 Å².